The summed E-state index contributed by atoms with van der Waals surface area (Å²) in [5.41, 5.74) is 1.85. The van der Waals surface area contributed by atoms with Gasteiger partial charge in [0.25, 0.3) is 0 Å². The predicted molar refractivity (Wildman–Crippen MR) is 88.6 cm³/mol. The molecule has 1 aliphatic rings. The molecule has 0 saturated heterocycles. The van der Waals surface area contributed by atoms with Gasteiger partial charge >= 0.3 is 6.09 Å². The molecule has 0 spiro atoms. The molecule has 2 aromatic carbocycles. The van der Waals surface area contributed by atoms with Crippen LogP contribution >= 0.6 is 15.9 Å². The third-order valence-electron chi connectivity index (χ3n) is 3.31. The van der Waals surface area contributed by atoms with Crippen molar-refractivity contribution >= 4 is 22.0 Å². The molecule has 6 heteroatoms. The van der Waals surface area contributed by atoms with Gasteiger partial charge in [-0.2, -0.15) is 0 Å². The molecule has 0 atom stereocenters. The topological polar surface area (TPSA) is 56.8 Å². The van der Waals surface area contributed by atoms with Gasteiger partial charge in [0, 0.05) is 6.54 Å². The van der Waals surface area contributed by atoms with Gasteiger partial charge in [-0.1, -0.05) is 30.3 Å². The van der Waals surface area contributed by atoms with Crippen molar-refractivity contribution < 1.29 is 19.0 Å². The molecule has 2 aromatic rings. The number of amides is 1. The molecule has 120 valence electrons. The molecule has 0 fully saturated rings. The highest BCUT2D eigenvalue weighted by Gasteiger charge is 2.16. The molecule has 0 aliphatic carbocycles. The van der Waals surface area contributed by atoms with Gasteiger partial charge in [-0.25, -0.2) is 4.79 Å². The molecule has 0 aromatic heterocycles. The fraction of sp³-hybridized carbons (Fsp3) is 0.235. The average Bonchev–Trinajstić information content (AvgIpc) is 2.59. The summed E-state index contributed by atoms with van der Waals surface area (Å²) in [7, 11) is 0. The van der Waals surface area contributed by atoms with Crippen LogP contribution in [0.5, 0.6) is 11.5 Å². The van der Waals surface area contributed by atoms with E-state index in [0.717, 1.165) is 15.6 Å². The summed E-state index contributed by atoms with van der Waals surface area (Å²) in [6, 6.07) is 13.3. The monoisotopic (exact) mass is 377 g/mol. The van der Waals surface area contributed by atoms with E-state index in [0.29, 0.717) is 31.3 Å². The smallest absolute Gasteiger partial charge is 0.407 e. The van der Waals surface area contributed by atoms with Crippen LogP contribution in [-0.4, -0.2) is 19.3 Å². The van der Waals surface area contributed by atoms with Crippen molar-refractivity contribution in [3.05, 3.63) is 58.1 Å². The third-order valence-corrected chi connectivity index (χ3v) is 3.90. The minimum atomic E-state index is -0.458. The Hall–Kier alpha value is -2.21. The molecule has 1 aliphatic heterocycles. The second-order valence-corrected chi connectivity index (χ2v) is 5.87. The maximum atomic E-state index is 11.8. The van der Waals surface area contributed by atoms with Gasteiger partial charge in [0.1, 0.15) is 19.8 Å². The van der Waals surface area contributed by atoms with Crippen LogP contribution in [-0.2, 0) is 17.9 Å². The van der Waals surface area contributed by atoms with Gasteiger partial charge in [-0.3, -0.25) is 0 Å². The van der Waals surface area contributed by atoms with E-state index in [1.54, 1.807) is 0 Å². The Kier molecular flexibility index (Phi) is 5.02. The fourth-order valence-corrected chi connectivity index (χ4v) is 2.82. The van der Waals surface area contributed by atoms with Crippen LogP contribution in [0.1, 0.15) is 11.1 Å². The van der Waals surface area contributed by atoms with E-state index in [4.69, 9.17) is 14.2 Å². The van der Waals surface area contributed by atoms with Crippen molar-refractivity contribution in [1.82, 2.24) is 5.32 Å². The first-order chi connectivity index (χ1) is 11.2. The number of alkyl carbamates (subject to hydrolysis) is 1. The van der Waals surface area contributed by atoms with Crippen molar-refractivity contribution in [3.8, 4) is 11.5 Å². The zero-order chi connectivity index (χ0) is 16.1. The first-order valence-corrected chi connectivity index (χ1v) is 8.04. The van der Waals surface area contributed by atoms with Crippen LogP contribution in [0.2, 0.25) is 0 Å². The van der Waals surface area contributed by atoms with Gasteiger partial charge in [0.05, 0.1) is 4.47 Å². The Labute approximate surface area is 142 Å². The predicted octanol–water partition coefficient (Wildman–Crippen LogP) is 3.65. The van der Waals surface area contributed by atoms with Crippen LogP contribution in [0.15, 0.2) is 46.9 Å². The van der Waals surface area contributed by atoms with Crippen LogP contribution in [0, 0.1) is 0 Å². The summed E-state index contributed by atoms with van der Waals surface area (Å²) >= 11 is 3.45. The highest BCUT2D eigenvalue weighted by molar-refractivity contribution is 9.10. The van der Waals surface area contributed by atoms with Gasteiger partial charge in [0.15, 0.2) is 11.5 Å². The third kappa shape index (κ3) is 4.16. The Balaban J connectivity index is 1.54. The van der Waals surface area contributed by atoms with E-state index in [-0.39, 0.29) is 6.61 Å². The maximum absolute atomic E-state index is 11.8. The summed E-state index contributed by atoms with van der Waals surface area (Å²) in [6.45, 7) is 1.66. The first-order valence-electron chi connectivity index (χ1n) is 7.25. The maximum Gasteiger partial charge on any atom is 0.407 e. The van der Waals surface area contributed by atoms with Crippen molar-refractivity contribution in [1.29, 1.82) is 0 Å². The second-order valence-electron chi connectivity index (χ2n) is 5.02. The lowest BCUT2D eigenvalue weighted by molar-refractivity contribution is 0.139. The minimum Gasteiger partial charge on any atom is -0.486 e. The largest absolute Gasteiger partial charge is 0.486 e. The van der Waals surface area contributed by atoms with E-state index < -0.39 is 6.09 Å². The lowest BCUT2D eigenvalue weighted by Gasteiger charge is -2.20. The van der Waals surface area contributed by atoms with E-state index >= 15 is 0 Å². The molecular weight excluding hydrogens is 362 g/mol. The lowest BCUT2D eigenvalue weighted by Crippen LogP contribution is -2.24. The van der Waals surface area contributed by atoms with Crippen molar-refractivity contribution in [2.75, 3.05) is 13.2 Å². The number of fused-ring (bicyclic) bond motifs is 1. The van der Waals surface area contributed by atoms with Crippen LogP contribution in [0.4, 0.5) is 4.79 Å². The summed E-state index contributed by atoms with van der Waals surface area (Å²) in [5, 5.41) is 2.72. The van der Waals surface area contributed by atoms with E-state index in [9.17, 15) is 4.79 Å². The summed E-state index contributed by atoms with van der Waals surface area (Å²) in [4.78, 5) is 11.8. The number of carbonyl (C=O) groups is 1. The number of hydrogen-bond donors (Lipinski definition) is 1. The van der Waals surface area contributed by atoms with Crippen LogP contribution < -0.4 is 14.8 Å². The molecule has 1 N–H and O–H groups in total. The van der Waals surface area contributed by atoms with Gasteiger partial charge < -0.3 is 19.5 Å². The Morgan fingerprint density at radius 3 is 2.74 bits per heavy atom. The first kappa shape index (κ1) is 15.7. The van der Waals surface area contributed by atoms with Crippen LogP contribution in [0.3, 0.4) is 0 Å². The summed E-state index contributed by atoms with van der Waals surface area (Å²) < 4.78 is 17.1. The van der Waals surface area contributed by atoms with Crippen molar-refractivity contribution in [2.24, 2.45) is 0 Å². The number of benzene rings is 2. The fourth-order valence-electron chi connectivity index (χ4n) is 2.21. The molecule has 23 heavy (non-hydrogen) atoms. The van der Waals surface area contributed by atoms with Crippen molar-refractivity contribution in [3.63, 3.8) is 0 Å². The highest BCUT2D eigenvalue weighted by atomic mass is 79.9. The number of rotatable bonds is 4. The molecule has 0 radical (unpaired) electrons. The zero-order valence-electron chi connectivity index (χ0n) is 12.4. The molecular formula is C17H16BrNO4. The molecule has 0 saturated carbocycles. The molecule has 0 bridgehead atoms. The van der Waals surface area contributed by atoms with Gasteiger partial charge in [-0.15, -0.1) is 0 Å². The molecule has 3 rings (SSSR count). The van der Waals surface area contributed by atoms with Gasteiger partial charge in [-0.05, 0) is 39.2 Å². The number of hydrogen-bond acceptors (Lipinski definition) is 4. The van der Waals surface area contributed by atoms with E-state index in [2.05, 4.69) is 21.2 Å². The van der Waals surface area contributed by atoms with Crippen LogP contribution in [0.25, 0.3) is 0 Å². The molecule has 5 nitrogen and oxygen atoms in total. The number of nitrogens with one attached hydrogen (secondary N) is 1. The number of ether oxygens (including phenoxy) is 3. The number of halogens is 1. The Morgan fingerprint density at radius 1 is 1.13 bits per heavy atom. The van der Waals surface area contributed by atoms with Crippen molar-refractivity contribution in [2.45, 2.75) is 13.2 Å². The second kappa shape index (κ2) is 7.37. The molecule has 1 heterocycles. The average molecular weight is 378 g/mol. The number of carbonyl (C=O) groups excluding carboxylic acids is 1. The Morgan fingerprint density at radius 2 is 1.91 bits per heavy atom. The molecule has 1 amide bonds. The highest BCUT2D eigenvalue weighted by Crippen LogP contribution is 2.38. The normalized spacial score (nSPS) is 12.6. The standard InChI is InChI=1S/C17H16BrNO4/c18-14-8-13(9-15-16(14)22-7-6-21-15)10-19-17(20)23-11-12-4-2-1-3-5-12/h1-5,8-9H,6-7,10-11H2,(H,19,20). The Bertz CT molecular complexity index is 690. The minimum absolute atomic E-state index is 0.248. The van der Waals surface area contributed by atoms with Gasteiger partial charge in [0.2, 0.25) is 0 Å². The lowest BCUT2D eigenvalue weighted by atomic mass is 10.2. The van der Waals surface area contributed by atoms with E-state index in [1.165, 1.54) is 0 Å². The SMILES string of the molecule is O=C(NCc1cc(Br)c2c(c1)OCCO2)OCc1ccccc1. The summed E-state index contributed by atoms with van der Waals surface area (Å²) in [6.07, 6.45) is -0.458. The zero-order valence-corrected chi connectivity index (χ0v) is 14.0. The molecule has 0 unspecified atom stereocenters. The van der Waals surface area contributed by atoms with E-state index in [1.807, 2.05) is 42.5 Å². The quantitative estimate of drug-likeness (QED) is 0.883. The summed E-state index contributed by atoms with van der Waals surface area (Å²) in [5.74, 6) is 1.38.